The Bertz CT molecular complexity index is 1280. The Hall–Kier alpha value is -2.54. The van der Waals surface area contributed by atoms with Gasteiger partial charge in [-0.05, 0) is 114 Å². The average molecular weight is 587 g/mol. The molecule has 6 heteroatoms. The van der Waals surface area contributed by atoms with Gasteiger partial charge in [-0.3, -0.25) is 14.7 Å². The molecule has 4 fully saturated rings. The van der Waals surface area contributed by atoms with E-state index in [1.54, 1.807) is 13.8 Å². The maximum absolute atomic E-state index is 13.0. The first-order chi connectivity index (χ1) is 20.5. The van der Waals surface area contributed by atoms with E-state index in [4.69, 9.17) is 10.7 Å². The fraction of sp³-hybridized carbons (Fsp3) is 0.622. The van der Waals surface area contributed by atoms with E-state index >= 15 is 0 Å². The van der Waals surface area contributed by atoms with Crippen LogP contribution in [0, 0.1) is 11.8 Å². The number of hydrogen-bond acceptors (Lipinski definition) is 5. The van der Waals surface area contributed by atoms with Crippen molar-refractivity contribution in [2.45, 2.75) is 115 Å². The molecule has 6 rings (SSSR count). The highest BCUT2D eigenvalue weighted by Crippen LogP contribution is 2.71. The molecule has 1 aromatic carbocycles. The molecule has 3 N–H and O–H groups in total. The zero-order valence-electron chi connectivity index (χ0n) is 27.4. The third-order valence-corrected chi connectivity index (χ3v) is 10.8. The second-order valence-corrected chi connectivity index (χ2v) is 14.1. The molecular weight excluding hydrogens is 532 g/mol. The summed E-state index contributed by atoms with van der Waals surface area (Å²) < 4.78 is 0. The largest absolute Gasteiger partial charge is 0.388 e. The highest BCUT2D eigenvalue weighted by Gasteiger charge is 2.78. The van der Waals surface area contributed by atoms with Gasteiger partial charge in [0.25, 0.3) is 0 Å². The molecule has 0 radical (unpaired) electrons. The minimum atomic E-state index is -1.22. The minimum Gasteiger partial charge on any atom is -0.388 e. The number of nitrogens with two attached hydrogens (primary N) is 1. The second kappa shape index (κ2) is 12.5. The molecule has 6 nitrogen and oxygen atoms in total. The Morgan fingerprint density at radius 1 is 1.16 bits per heavy atom. The molecule has 1 amide bonds. The van der Waals surface area contributed by atoms with Crippen molar-refractivity contribution in [2.75, 3.05) is 19.6 Å². The summed E-state index contributed by atoms with van der Waals surface area (Å²) in [6.45, 7) is 13.9. The number of carbonyl (C=O) groups is 1. The Labute approximate surface area is 259 Å². The lowest BCUT2D eigenvalue weighted by atomic mass is 9.70. The molecule has 234 valence electrons. The zero-order chi connectivity index (χ0) is 31.0. The average Bonchev–Trinajstić information content (AvgIpc) is 3.88. The van der Waals surface area contributed by atoms with E-state index in [1.165, 1.54) is 30.4 Å². The topological polar surface area (TPSA) is 81.9 Å². The minimum absolute atomic E-state index is 0.0646. The van der Waals surface area contributed by atoms with Crippen molar-refractivity contribution in [3.63, 3.8) is 0 Å². The van der Waals surface area contributed by atoms with E-state index in [0.29, 0.717) is 30.6 Å². The number of hydrogen-bond donors (Lipinski definition) is 2. The monoisotopic (exact) mass is 586 g/mol. The third-order valence-electron chi connectivity index (χ3n) is 10.8. The van der Waals surface area contributed by atoms with Crippen LogP contribution in [-0.4, -0.2) is 69.4 Å². The number of amides is 1. The van der Waals surface area contributed by atoms with Crippen molar-refractivity contribution in [1.29, 1.82) is 0 Å². The van der Waals surface area contributed by atoms with Crippen LogP contribution in [0.2, 0.25) is 0 Å². The van der Waals surface area contributed by atoms with Gasteiger partial charge in [0.2, 0.25) is 5.91 Å². The summed E-state index contributed by atoms with van der Waals surface area (Å²) in [5.74, 6) is 1.34. The number of aliphatic hydroxyl groups is 1. The second-order valence-electron chi connectivity index (χ2n) is 14.1. The Kier molecular flexibility index (Phi) is 9.23. The van der Waals surface area contributed by atoms with Gasteiger partial charge in [0, 0.05) is 30.4 Å². The number of rotatable bonds is 8. The van der Waals surface area contributed by atoms with E-state index in [0.717, 1.165) is 49.6 Å². The number of piperidine rings is 1. The van der Waals surface area contributed by atoms with Gasteiger partial charge in [-0.15, -0.1) is 0 Å². The van der Waals surface area contributed by atoms with Crippen LogP contribution in [0.4, 0.5) is 0 Å². The van der Waals surface area contributed by atoms with Gasteiger partial charge in [-0.25, -0.2) is 0 Å². The van der Waals surface area contributed by atoms with Crippen molar-refractivity contribution in [2.24, 2.45) is 22.6 Å². The lowest BCUT2D eigenvalue weighted by molar-refractivity contribution is -0.139. The number of carbonyl (C=O) groups excluding carboxylic acids is 1. The molecule has 2 saturated heterocycles. The van der Waals surface area contributed by atoms with E-state index < -0.39 is 11.6 Å². The number of aliphatic imine (C=N–C) groups is 1. The van der Waals surface area contributed by atoms with Crippen molar-refractivity contribution in [1.82, 2.24) is 9.80 Å². The number of allylic oxidation sites excluding steroid dienone is 5. The van der Waals surface area contributed by atoms with Crippen molar-refractivity contribution < 1.29 is 9.90 Å². The first kappa shape index (κ1) is 31.9. The normalized spacial score (nSPS) is 32.0. The molecule has 0 bridgehead atoms. The molecule has 1 aromatic rings. The van der Waals surface area contributed by atoms with Crippen LogP contribution in [0.15, 0.2) is 70.9 Å². The van der Waals surface area contributed by atoms with Crippen LogP contribution in [0.3, 0.4) is 0 Å². The molecule has 6 atom stereocenters. The summed E-state index contributed by atoms with van der Waals surface area (Å²) in [4.78, 5) is 22.6. The summed E-state index contributed by atoms with van der Waals surface area (Å²) in [5, 5.41) is 10.3. The first-order valence-electron chi connectivity index (χ1n) is 16.7. The van der Waals surface area contributed by atoms with Gasteiger partial charge in [0.15, 0.2) is 0 Å². The van der Waals surface area contributed by atoms with Crippen LogP contribution in [0.1, 0.15) is 92.1 Å². The summed E-state index contributed by atoms with van der Waals surface area (Å²) in [7, 11) is 0. The van der Waals surface area contributed by atoms with E-state index in [9.17, 15) is 9.90 Å². The lowest BCUT2D eigenvalue weighted by Crippen LogP contribution is -2.57. The van der Waals surface area contributed by atoms with E-state index in [1.807, 2.05) is 18.7 Å². The van der Waals surface area contributed by atoms with Crippen LogP contribution in [-0.2, 0) is 10.2 Å². The SMILES string of the molecule is CC.CC(C)=NC1=CC=CC/C1=C\[C@@H]1CC2CC23C(C1)N3CCC1(c2ccccc2)CCN(C(=O)C(N)C(C)(C)O)CC1. The molecule has 43 heavy (non-hydrogen) atoms. The van der Waals surface area contributed by atoms with Gasteiger partial charge >= 0.3 is 0 Å². The number of likely N-dealkylation sites (tertiary alicyclic amines) is 2. The zero-order valence-corrected chi connectivity index (χ0v) is 27.4. The fourth-order valence-electron chi connectivity index (χ4n) is 8.26. The summed E-state index contributed by atoms with van der Waals surface area (Å²) in [5.41, 5.74) is 10.5. The Balaban J connectivity index is 0.00000180. The predicted molar refractivity (Wildman–Crippen MR) is 177 cm³/mol. The summed E-state index contributed by atoms with van der Waals surface area (Å²) in [6.07, 6.45) is 17.0. The van der Waals surface area contributed by atoms with Gasteiger partial charge in [-0.2, -0.15) is 0 Å². The number of benzene rings is 1. The van der Waals surface area contributed by atoms with Crippen LogP contribution in [0.5, 0.6) is 0 Å². The van der Waals surface area contributed by atoms with Gasteiger partial charge < -0.3 is 15.7 Å². The Morgan fingerprint density at radius 3 is 2.51 bits per heavy atom. The fourth-order valence-corrected chi connectivity index (χ4v) is 8.26. The predicted octanol–water partition coefficient (Wildman–Crippen LogP) is 6.17. The first-order valence-corrected chi connectivity index (χ1v) is 16.7. The quantitative estimate of drug-likeness (QED) is 0.282. The molecule has 1 spiro atoms. The van der Waals surface area contributed by atoms with Crippen molar-refractivity contribution in [3.8, 4) is 0 Å². The molecule has 3 aliphatic carbocycles. The maximum Gasteiger partial charge on any atom is 0.242 e. The third kappa shape index (κ3) is 6.34. The van der Waals surface area contributed by atoms with Crippen molar-refractivity contribution >= 4 is 11.6 Å². The summed E-state index contributed by atoms with van der Waals surface area (Å²) >= 11 is 0. The van der Waals surface area contributed by atoms with Gasteiger partial charge in [0.1, 0.15) is 6.04 Å². The van der Waals surface area contributed by atoms with Crippen LogP contribution < -0.4 is 5.73 Å². The molecule has 2 aliphatic heterocycles. The van der Waals surface area contributed by atoms with Crippen LogP contribution >= 0.6 is 0 Å². The van der Waals surface area contributed by atoms with E-state index in [-0.39, 0.29) is 11.3 Å². The van der Waals surface area contributed by atoms with Gasteiger partial charge in [-0.1, -0.05) is 62.4 Å². The molecule has 2 heterocycles. The summed E-state index contributed by atoms with van der Waals surface area (Å²) in [6, 6.07) is 10.8. The lowest BCUT2D eigenvalue weighted by Gasteiger charge is -2.44. The molecule has 5 aliphatic rings. The van der Waals surface area contributed by atoms with Crippen LogP contribution in [0.25, 0.3) is 0 Å². The Morgan fingerprint density at radius 2 is 1.86 bits per heavy atom. The molecular formula is C37H54N4O2. The van der Waals surface area contributed by atoms with E-state index in [2.05, 4.69) is 73.4 Å². The molecule has 0 aromatic heterocycles. The molecule has 2 saturated carbocycles. The maximum atomic E-state index is 13.0. The molecule has 5 unspecified atom stereocenters. The highest BCUT2D eigenvalue weighted by atomic mass is 16.3. The number of nitrogens with zero attached hydrogens (tertiary/aromatic N) is 3. The van der Waals surface area contributed by atoms with Crippen molar-refractivity contribution in [3.05, 3.63) is 71.5 Å². The smallest absolute Gasteiger partial charge is 0.242 e. The standard InChI is InChI=1S/C35H48N4O2.C2H6/c1-24(2)37-29-13-9-8-10-26(29)20-25-21-28-23-35(28)30(22-25)39(35)19-16-34(27-11-6-5-7-12-27)14-17-38(18-15-34)32(40)31(36)33(3,4)41;1-2/h5-9,11-13,20,25,28,30-31,41H,10,14-19,21-23,36H2,1-4H3;1-2H3/b26-20+;/t25-,28?,30?,31?,35?,39?;/m1./s1. The highest BCUT2D eigenvalue weighted by molar-refractivity contribution is 5.83. The van der Waals surface area contributed by atoms with Gasteiger partial charge in [0.05, 0.1) is 11.3 Å².